The Labute approximate surface area is 118 Å². The summed E-state index contributed by atoms with van der Waals surface area (Å²) < 4.78 is 23.3. The summed E-state index contributed by atoms with van der Waals surface area (Å²) in [5.41, 5.74) is 8.32. The van der Waals surface area contributed by atoms with E-state index in [1.807, 2.05) is 36.2 Å². The minimum Gasteiger partial charge on any atom is -0.397 e. The van der Waals surface area contributed by atoms with E-state index in [0.717, 1.165) is 16.6 Å². The second kappa shape index (κ2) is 4.63. The Morgan fingerprint density at radius 2 is 2.15 bits per heavy atom. The van der Waals surface area contributed by atoms with Gasteiger partial charge in [0, 0.05) is 30.4 Å². The molecule has 0 spiro atoms. The van der Waals surface area contributed by atoms with Gasteiger partial charge in [-0.05, 0) is 30.7 Å². The number of aromatic nitrogens is 1. The molecule has 3 rings (SSSR count). The Morgan fingerprint density at radius 3 is 2.85 bits per heavy atom. The van der Waals surface area contributed by atoms with E-state index >= 15 is 0 Å². The number of anilines is 2. The van der Waals surface area contributed by atoms with Crippen molar-refractivity contribution in [3.8, 4) is 0 Å². The van der Waals surface area contributed by atoms with Gasteiger partial charge in [-0.15, -0.1) is 0 Å². The Hall–Kier alpha value is -1.82. The summed E-state index contributed by atoms with van der Waals surface area (Å²) in [5, 5.41) is 0.958. The highest BCUT2D eigenvalue weighted by molar-refractivity contribution is 7.91. The number of hydrogen-bond acceptors (Lipinski definition) is 5. The summed E-state index contributed by atoms with van der Waals surface area (Å²) in [6.07, 6.45) is 2.38. The van der Waals surface area contributed by atoms with Gasteiger partial charge in [-0.2, -0.15) is 0 Å². The molecule has 1 unspecified atom stereocenters. The molecule has 0 radical (unpaired) electrons. The number of fused-ring (bicyclic) bond motifs is 1. The summed E-state index contributed by atoms with van der Waals surface area (Å²) >= 11 is 0. The summed E-state index contributed by atoms with van der Waals surface area (Å²) in [7, 11) is -0.958. The number of nitrogens with zero attached hydrogens (tertiary/aromatic N) is 2. The van der Waals surface area contributed by atoms with Gasteiger partial charge in [0.25, 0.3) is 0 Å². The molecule has 1 saturated heterocycles. The third kappa shape index (κ3) is 2.20. The molecular formula is C14H17N3O2S. The zero-order valence-corrected chi connectivity index (χ0v) is 12.1. The van der Waals surface area contributed by atoms with Gasteiger partial charge >= 0.3 is 0 Å². The van der Waals surface area contributed by atoms with Gasteiger partial charge in [-0.25, -0.2) is 8.42 Å². The first-order valence-electron chi connectivity index (χ1n) is 6.54. The van der Waals surface area contributed by atoms with Crippen LogP contribution in [0, 0.1) is 0 Å². The number of pyridine rings is 1. The number of hydrogen-bond donors (Lipinski definition) is 1. The Morgan fingerprint density at radius 1 is 1.35 bits per heavy atom. The van der Waals surface area contributed by atoms with Crippen LogP contribution in [-0.2, 0) is 9.84 Å². The van der Waals surface area contributed by atoms with E-state index in [-0.39, 0.29) is 17.5 Å². The lowest BCUT2D eigenvalue weighted by Gasteiger charge is -2.27. The van der Waals surface area contributed by atoms with E-state index in [2.05, 4.69) is 4.98 Å². The van der Waals surface area contributed by atoms with Gasteiger partial charge in [0.1, 0.15) is 0 Å². The van der Waals surface area contributed by atoms with E-state index in [4.69, 9.17) is 5.73 Å². The van der Waals surface area contributed by atoms with Crippen molar-refractivity contribution < 1.29 is 8.42 Å². The molecule has 20 heavy (non-hydrogen) atoms. The molecule has 2 heterocycles. The van der Waals surface area contributed by atoms with Crippen molar-refractivity contribution in [3.05, 3.63) is 30.5 Å². The maximum Gasteiger partial charge on any atom is 0.152 e. The van der Waals surface area contributed by atoms with Gasteiger partial charge in [0.2, 0.25) is 0 Å². The molecule has 0 saturated carbocycles. The Balaban J connectivity index is 2.04. The number of rotatable bonds is 2. The molecule has 1 aromatic heterocycles. The average molecular weight is 291 g/mol. The van der Waals surface area contributed by atoms with Crippen molar-refractivity contribution in [2.75, 3.05) is 29.2 Å². The highest BCUT2D eigenvalue weighted by Crippen LogP contribution is 2.31. The molecule has 1 aromatic carbocycles. The monoisotopic (exact) mass is 291 g/mol. The van der Waals surface area contributed by atoms with E-state index < -0.39 is 9.84 Å². The zero-order valence-electron chi connectivity index (χ0n) is 11.3. The number of benzene rings is 1. The third-order valence-electron chi connectivity index (χ3n) is 3.91. The van der Waals surface area contributed by atoms with E-state index in [1.54, 1.807) is 6.20 Å². The number of nitrogen functional groups attached to an aromatic ring is 1. The minimum atomic E-state index is -2.89. The van der Waals surface area contributed by atoms with E-state index in [9.17, 15) is 8.42 Å². The Kier molecular flexibility index (Phi) is 3.05. The normalized spacial score (nSPS) is 21.1. The van der Waals surface area contributed by atoms with E-state index in [1.165, 1.54) is 0 Å². The van der Waals surface area contributed by atoms with Crippen LogP contribution >= 0.6 is 0 Å². The largest absolute Gasteiger partial charge is 0.397 e. The van der Waals surface area contributed by atoms with Crippen LogP contribution in [-0.4, -0.2) is 38.0 Å². The highest BCUT2D eigenvalue weighted by atomic mass is 32.2. The molecule has 5 nitrogen and oxygen atoms in total. The summed E-state index contributed by atoms with van der Waals surface area (Å²) in [4.78, 5) is 6.34. The van der Waals surface area contributed by atoms with Crippen molar-refractivity contribution in [3.63, 3.8) is 0 Å². The maximum absolute atomic E-state index is 11.6. The van der Waals surface area contributed by atoms with Gasteiger partial charge in [-0.1, -0.05) is 0 Å². The molecule has 2 N–H and O–H groups in total. The summed E-state index contributed by atoms with van der Waals surface area (Å²) in [6, 6.07) is 7.61. The van der Waals surface area contributed by atoms with Crippen LogP contribution in [0.4, 0.5) is 11.4 Å². The van der Waals surface area contributed by atoms with Crippen LogP contribution < -0.4 is 10.6 Å². The first-order valence-corrected chi connectivity index (χ1v) is 8.36. The molecule has 0 bridgehead atoms. The fraction of sp³-hybridized carbons (Fsp3) is 0.357. The van der Waals surface area contributed by atoms with Gasteiger partial charge in [-0.3, -0.25) is 4.98 Å². The van der Waals surface area contributed by atoms with Crippen LogP contribution in [0.1, 0.15) is 6.42 Å². The lowest BCUT2D eigenvalue weighted by Crippen LogP contribution is -2.32. The molecule has 106 valence electrons. The molecule has 1 fully saturated rings. The molecule has 1 aliphatic heterocycles. The zero-order chi connectivity index (χ0) is 14.3. The van der Waals surface area contributed by atoms with Crippen molar-refractivity contribution in [1.82, 2.24) is 4.98 Å². The first kappa shape index (κ1) is 13.2. The van der Waals surface area contributed by atoms with E-state index in [0.29, 0.717) is 12.1 Å². The minimum absolute atomic E-state index is 0.0204. The molecule has 2 aromatic rings. The maximum atomic E-state index is 11.6. The molecular weight excluding hydrogens is 274 g/mol. The quantitative estimate of drug-likeness (QED) is 0.847. The van der Waals surface area contributed by atoms with Crippen LogP contribution in [0.3, 0.4) is 0 Å². The average Bonchev–Trinajstić information content (AvgIpc) is 2.79. The molecule has 0 amide bonds. The smallest absolute Gasteiger partial charge is 0.152 e. The van der Waals surface area contributed by atoms with Crippen molar-refractivity contribution in [1.29, 1.82) is 0 Å². The first-order chi connectivity index (χ1) is 9.48. The predicted molar refractivity (Wildman–Crippen MR) is 81.6 cm³/mol. The van der Waals surface area contributed by atoms with Gasteiger partial charge in [0.15, 0.2) is 9.84 Å². The van der Waals surface area contributed by atoms with Crippen LogP contribution in [0.15, 0.2) is 30.5 Å². The highest BCUT2D eigenvalue weighted by Gasteiger charge is 2.31. The number of sulfone groups is 1. The molecule has 6 heteroatoms. The van der Waals surface area contributed by atoms with Crippen LogP contribution in [0.25, 0.3) is 10.9 Å². The summed E-state index contributed by atoms with van der Waals surface area (Å²) in [5.74, 6) is 0.489. The SMILES string of the molecule is CN(c1ccc(N)c2ncccc12)C1CCS(=O)(=O)C1. The van der Waals surface area contributed by atoms with Crippen molar-refractivity contribution in [2.24, 2.45) is 0 Å². The fourth-order valence-electron chi connectivity index (χ4n) is 2.76. The molecule has 0 aliphatic carbocycles. The predicted octanol–water partition coefficient (Wildman–Crippen LogP) is 1.44. The lowest BCUT2D eigenvalue weighted by atomic mass is 10.1. The number of nitrogens with two attached hydrogens (primary N) is 1. The van der Waals surface area contributed by atoms with Crippen molar-refractivity contribution >= 4 is 32.1 Å². The molecule has 1 atom stereocenters. The topological polar surface area (TPSA) is 76.3 Å². The summed E-state index contributed by atoms with van der Waals surface area (Å²) in [6.45, 7) is 0. The second-order valence-electron chi connectivity index (χ2n) is 5.24. The van der Waals surface area contributed by atoms with Gasteiger partial charge in [0.05, 0.1) is 22.7 Å². The third-order valence-corrected chi connectivity index (χ3v) is 5.66. The standard InChI is InChI=1S/C14H17N3O2S/c1-17(10-6-8-20(18,19)9-10)13-5-4-12(15)14-11(13)3-2-7-16-14/h2-5,7,10H,6,8-9,15H2,1H3. The van der Waals surface area contributed by atoms with Crippen LogP contribution in [0.2, 0.25) is 0 Å². The second-order valence-corrected chi connectivity index (χ2v) is 7.47. The molecule has 1 aliphatic rings. The van der Waals surface area contributed by atoms with Gasteiger partial charge < -0.3 is 10.6 Å². The Bertz CT molecular complexity index is 758. The fourth-order valence-corrected chi connectivity index (χ4v) is 4.54. The van der Waals surface area contributed by atoms with Crippen LogP contribution in [0.5, 0.6) is 0 Å². The lowest BCUT2D eigenvalue weighted by molar-refractivity contribution is 0.601. The van der Waals surface area contributed by atoms with Crippen molar-refractivity contribution in [2.45, 2.75) is 12.5 Å².